The van der Waals surface area contributed by atoms with Crippen molar-refractivity contribution in [1.29, 1.82) is 0 Å². The molecule has 1 aromatic rings. The third-order valence-electron chi connectivity index (χ3n) is 5.53. The average molecular weight is 358 g/mol. The van der Waals surface area contributed by atoms with Gasteiger partial charge in [0.15, 0.2) is 0 Å². The first kappa shape index (κ1) is 18.9. The van der Waals surface area contributed by atoms with Crippen LogP contribution in [0.4, 0.5) is 0 Å². The zero-order valence-electron chi connectivity index (χ0n) is 16.2. The van der Waals surface area contributed by atoms with Crippen LogP contribution in [-0.4, -0.2) is 41.1 Å². The van der Waals surface area contributed by atoms with Gasteiger partial charge in [0.05, 0.1) is 6.61 Å². The van der Waals surface area contributed by atoms with E-state index in [1.165, 1.54) is 0 Å². The van der Waals surface area contributed by atoms with Gasteiger partial charge in [0, 0.05) is 11.6 Å². The summed E-state index contributed by atoms with van der Waals surface area (Å²) in [6.07, 6.45) is 3.60. The highest BCUT2D eigenvalue weighted by Gasteiger charge is 2.53. The second kappa shape index (κ2) is 7.39. The normalized spacial score (nSPS) is 28.6. The summed E-state index contributed by atoms with van der Waals surface area (Å²) >= 11 is 0. The molecule has 1 aliphatic carbocycles. The Hall–Kier alpha value is -1.88. The number of nitrogens with one attached hydrogen (secondary N) is 1. The van der Waals surface area contributed by atoms with Crippen LogP contribution in [0.5, 0.6) is 0 Å². The van der Waals surface area contributed by atoms with Crippen molar-refractivity contribution in [3.8, 4) is 0 Å². The lowest BCUT2D eigenvalue weighted by atomic mass is 9.83. The molecule has 142 valence electrons. The standard InChI is InChI=1S/C21H30N2O3/c1-14(2)22-19(24)18-13-26-21(10-8-15(3)9-11-21)23(18)20(25)17-7-5-6-16(4)12-17/h5-7,12,14-15,18H,8-11,13H2,1-4H3,(H,22,24). The second-order valence-corrected chi connectivity index (χ2v) is 8.16. The highest BCUT2D eigenvalue weighted by molar-refractivity contribution is 5.98. The quantitative estimate of drug-likeness (QED) is 0.902. The lowest BCUT2D eigenvalue weighted by Crippen LogP contribution is -2.57. The van der Waals surface area contributed by atoms with Gasteiger partial charge in [0.1, 0.15) is 11.8 Å². The van der Waals surface area contributed by atoms with Crippen molar-refractivity contribution in [3.63, 3.8) is 0 Å². The van der Waals surface area contributed by atoms with E-state index in [4.69, 9.17) is 4.74 Å². The van der Waals surface area contributed by atoms with Crippen molar-refractivity contribution < 1.29 is 14.3 Å². The molecule has 1 aliphatic heterocycles. The van der Waals surface area contributed by atoms with Crippen molar-refractivity contribution in [2.24, 2.45) is 5.92 Å². The van der Waals surface area contributed by atoms with Crippen LogP contribution in [-0.2, 0) is 9.53 Å². The summed E-state index contributed by atoms with van der Waals surface area (Å²) in [6, 6.07) is 7.03. The molecule has 26 heavy (non-hydrogen) atoms. The largest absolute Gasteiger partial charge is 0.353 e. The predicted molar refractivity (Wildman–Crippen MR) is 101 cm³/mol. The third kappa shape index (κ3) is 3.63. The topological polar surface area (TPSA) is 58.6 Å². The number of carbonyl (C=O) groups excluding carboxylic acids is 2. The molecule has 3 rings (SSSR count). The number of hydrogen-bond donors (Lipinski definition) is 1. The molecule has 0 aromatic heterocycles. The number of ether oxygens (including phenoxy) is 1. The SMILES string of the molecule is Cc1cccc(C(=O)N2C(C(=O)NC(C)C)COC23CCC(C)CC3)c1. The maximum atomic E-state index is 13.4. The van der Waals surface area contributed by atoms with E-state index in [0.29, 0.717) is 11.5 Å². The van der Waals surface area contributed by atoms with Crippen LogP contribution in [0, 0.1) is 12.8 Å². The summed E-state index contributed by atoms with van der Waals surface area (Å²) in [7, 11) is 0. The number of aryl methyl sites for hydroxylation is 1. The van der Waals surface area contributed by atoms with Crippen molar-refractivity contribution in [1.82, 2.24) is 10.2 Å². The molecular formula is C21H30N2O3. The Bertz CT molecular complexity index is 678. The lowest BCUT2D eigenvalue weighted by Gasteiger charge is -2.43. The van der Waals surface area contributed by atoms with E-state index in [9.17, 15) is 9.59 Å². The van der Waals surface area contributed by atoms with Crippen LogP contribution >= 0.6 is 0 Å². The molecule has 1 aromatic carbocycles. The Kier molecular flexibility index (Phi) is 5.37. The van der Waals surface area contributed by atoms with Gasteiger partial charge in [-0.05, 0) is 64.5 Å². The molecule has 1 saturated carbocycles. The van der Waals surface area contributed by atoms with Crippen molar-refractivity contribution >= 4 is 11.8 Å². The molecule has 0 radical (unpaired) electrons. The molecule has 5 nitrogen and oxygen atoms in total. The minimum atomic E-state index is -0.647. The van der Waals surface area contributed by atoms with Crippen LogP contribution in [0.25, 0.3) is 0 Å². The van der Waals surface area contributed by atoms with E-state index in [0.717, 1.165) is 31.2 Å². The molecule has 1 atom stereocenters. The van der Waals surface area contributed by atoms with Gasteiger partial charge in [0.2, 0.25) is 5.91 Å². The minimum absolute atomic E-state index is 0.0290. The second-order valence-electron chi connectivity index (χ2n) is 8.16. The Labute approximate surface area is 156 Å². The summed E-state index contributed by atoms with van der Waals surface area (Å²) in [5.41, 5.74) is 1.01. The molecule has 2 fully saturated rings. The van der Waals surface area contributed by atoms with Crippen LogP contribution in [0.2, 0.25) is 0 Å². The van der Waals surface area contributed by atoms with Gasteiger partial charge in [-0.25, -0.2) is 0 Å². The summed E-state index contributed by atoms with van der Waals surface area (Å²) in [5.74, 6) is 0.393. The summed E-state index contributed by atoms with van der Waals surface area (Å²) in [4.78, 5) is 27.9. The van der Waals surface area contributed by atoms with E-state index in [-0.39, 0.29) is 24.5 Å². The van der Waals surface area contributed by atoms with E-state index in [2.05, 4.69) is 12.2 Å². The molecule has 5 heteroatoms. The van der Waals surface area contributed by atoms with Gasteiger partial charge >= 0.3 is 0 Å². The number of hydrogen-bond acceptors (Lipinski definition) is 3. The van der Waals surface area contributed by atoms with Crippen LogP contribution in [0.1, 0.15) is 62.4 Å². The number of benzene rings is 1. The van der Waals surface area contributed by atoms with Gasteiger partial charge in [-0.2, -0.15) is 0 Å². The Balaban J connectivity index is 1.94. The zero-order chi connectivity index (χ0) is 18.9. The van der Waals surface area contributed by atoms with Crippen molar-refractivity contribution in [2.45, 2.75) is 71.2 Å². The van der Waals surface area contributed by atoms with Gasteiger partial charge in [-0.3, -0.25) is 14.5 Å². The molecule has 2 aliphatic rings. The van der Waals surface area contributed by atoms with Gasteiger partial charge < -0.3 is 10.1 Å². The fourth-order valence-corrected chi connectivity index (χ4v) is 4.08. The Morgan fingerprint density at radius 2 is 1.96 bits per heavy atom. The maximum Gasteiger partial charge on any atom is 0.256 e. The Morgan fingerprint density at radius 3 is 2.58 bits per heavy atom. The van der Waals surface area contributed by atoms with E-state index in [1.807, 2.05) is 45.0 Å². The highest BCUT2D eigenvalue weighted by Crippen LogP contribution is 2.43. The van der Waals surface area contributed by atoms with Crippen LogP contribution < -0.4 is 5.32 Å². The Morgan fingerprint density at radius 1 is 1.27 bits per heavy atom. The average Bonchev–Trinajstić information content (AvgIpc) is 2.95. The number of amides is 2. The summed E-state index contributed by atoms with van der Waals surface area (Å²) < 4.78 is 6.17. The third-order valence-corrected chi connectivity index (χ3v) is 5.53. The highest BCUT2D eigenvalue weighted by atomic mass is 16.5. The summed E-state index contributed by atoms with van der Waals surface area (Å²) in [6.45, 7) is 8.33. The lowest BCUT2D eigenvalue weighted by molar-refractivity contribution is -0.128. The number of nitrogens with zero attached hydrogens (tertiary/aromatic N) is 1. The van der Waals surface area contributed by atoms with E-state index >= 15 is 0 Å². The minimum Gasteiger partial charge on any atom is -0.353 e. The molecule has 1 heterocycles. The number of rotatable bonds is 3. The van der Waals surface area contributed by atoms with Gasteiger partial charge in [-0.1, -0.05) is 24.6 Å². The monoisotopic (exact) mass is 358 g/mol. The van der Waals surface area contributed by atoms with Crippen molar-refractivity contribution in [3.05, 3.63) is 35.4 Å². The molecule has 1 N–H and O–H groups in total. The first-order valence-corrected chi connectivity index (χ1v) is 9.67. The molecule has 2 amide bonds. The zero-order valence-corrected chi connectivity index (χ0v) is 16.2. The fourth-order valence-electron chi connectivity index (χ4n) is 4.08. The van der Waals surface area contributed by atoms with Crippen LogP contribution in [0.15, 0.2) is 24.3 Å². The fraction of sp³-hybridized carbons (Fsp3) is 0.619. The molecule has 1 spiro atoms. The predicted octanol–water partition coefficient (Wildman–Crippen LogP) is 3.27. The van der Waals surface area contributed by atoms with E-state index in [1.54, 1.807) is 4.90 Å². The molecule has 0 bridgehead atoms. The smallest absolute Gasteiger partial charge is 0.256 e. The first-order valence-electron chi connectivity index (χ1n) is 9.67. The maximum absolute atomic E-state index is 13.4. The number of carbonyl (C=O) groups is 2. The van der Waals surface area contributed by atoms with Gasteiger partial charge in [-0.15, -0.1) is 0 Å². The first-order chi connectivity index (χ1) is 12.3. The molecular weight excluding hydrogens is 328 g/mol. The van der Waals surface area contributed by atoms with Gasteiger partial charge in [0.25, 0.3) is 5.91 Å². The van der Waals surface area contributed by atoms with Crippen LogP contribution in [0.3, 0.4) is 0 Å². The van der Waals surface area contributed by atoms with Crippen molar-refractivity contribution in [2.75, 3.05) is 6.61 Å². The molecule has 1 unspecified atom stereocenters. The van der Waals surface area contributed by atoms with E-state index < -0.39 is 11.8 Å². The molecule has 1 saturated heterocycles. The summed E-state index contributed by atoms with van der Waals surface area (Å²) in [5, 5.41) is 2.95.